The van der Waals surface area contributed by atoms with Gasteiger partial charge in [-0.2, -0.15) is 0 Å². The van der Waals surface area contributed by atoms with E-state index < -0.39 is 29.6 Å². The molecule has 31 heavy (non-hydrogen) atoms. The summed E-state index contributed by atoms with van der Waals surface area (Å²) in [4.78, 5) is 37.0. The van der Waals surface area contributed by atoms with Crippen molar-refractivity contribution in [1.82, 2.24) is 10.6 Å². The van der Waals surface area contributed by atoms with Gasteiger partial charge in [0.1, 0.15) is 23.9 Å². The van der Waals surface area contributed by atoms with Gasteiger partial charge in [0.05, 0.1) is 0 Å². The monoisotopic (exact) mass is 426 g/mol. The minimum Gasteiger partial charge on any atom is -0.458 e. The number of benzene rings is 2. The van der Waals surface area contributed by atoms with Gasteiger partial charge in [0.15, 0.2) is 0 Å². The fraction of sp³-hybridized carbons (Fsp3) is 0.375. The predicted molar refractivity (Wildman–Crippen MR) is 118 cm³/mol. The van der Waals surface area contributed by atoms with Crippen LogP contribution in [0.3, 0.4) is 0 Å². The average molecular weight is 427 g/mol. The van der Waals surface area contributed by atoms with Crippen molar-refractivity contribution < 1.29 is 23.9 Å². The molecule has 0 unspecified atom stereocenters. The van der Waals surface area contributed by atoms with E-state index >= 15 is 0 Å². The van der Waals surface area contributed by atoms with Crippen LogP contribution in [-0.2, 0) is 20.7 Å². The first-order valence-corrected chi connectivity index (χ1v) is 10.1. The van der Waals surface area contributed by atoms with Gasteiger partial charge >= 0.3 is 12.1 Å². The molecule has 2 amide bonds. The molecule has 2 aromatic carbocycles. The smallest absolute Gasteiger partial charge is 0.413 e. The van der Waals surface area contributed by atoms with Gasteiger partial charge in [-0.15, -0.1) is 0 Å². The van der Waals surface area contributed by atoms with E-state index in [9.17, 15) is 14.4 Å². The summed E-state index contributed by atoms with van der Waals surface area (Å²) >= 11 is 0. The normalized spacial score (nSPS) is 11.9. The van der Waals surface area contributed by atoms with Crippen molar-refractivity contribution >= 4 is 18.0 Å². The number of rotatable bonds is 7. The SMILES string of the molecule is Cc1ccc(OC(=O)NCC(=O)N[C@@H](Cc2ccccc2)C(=O)OC(C)(C)C)c(C)c1. The second-order valence-electron chi connectivity index (χ2n) is 8.36. The van der Waals surface area contributed by atoms with Gasteiger partial charge in [0.2, 0.25) is 5.91 Å². The van der Waals surface area contributed by atoms with Gasteiger partial charge in [0, 0.05) is 6.42 Å². The lowest BCUT2D eigenvalue weighted by Gasteiger charge is -2.24. The number of hydrogen-bond donors (Lipinski definition) is 2. The van der Waals surface area contributed by atoms with E-state index in [1.54, 1.807) is 26.8 Å². The van der Waals surface area contributed by atoms with E-state index in [4.69, 9.17) is 9.47 Å². The largest absolute Gasteiger partial charge is 0.458 e. The van der Waals surface area contributed by atoms with Crippen molar-refractivity contribution in [2.24, 2.45) is 0 Å². The van der Waals surface area contributed by atoms with Crippen LogP contribution in [0.4, 0.5) is 4.79 Å². The molecule has 0 bridgehead atoms. The Kier molecular flexibility index (Phi) is 8.19. The summed E-state index contributed by atoms with van der Waals surface area (Å²) in [5.74, 6) is -0.647. The predicted octanol–water partition coefficient (Wildman–Crippen LogP) is 3.46. The van der Waals surface area contributed by atoms with Gasteiger partial charge in [-0.1, -0.05) is 48.0 Å². The van der Waals surface area contributed by atoms with Crippen LogP contribution in [0, 0.1) is 13.8 Å². The lowest BCUT2D eigenvalue weighted by Crippen LogP contribution is -2.48. The van der Waals surface area contributed by atoms with Crippen molar-refractivity contribution in [1.29, 1.82) is 0 Å². The molecule has 0 aliphatic carbocycles. The molecule has 0 fully saturated rings. The number of hydrogen-bond acceptors (Lipinski definition) is 5. The van der Waals surface area contributed by atoms with E-state index in [0.717, 1.165) is 16.7 Å². The van der Waals surface area contributed by atoms with E-state index in [2.05, 4.69) is 10.6 Å². The Labute approximate surface area is 183 Å². The van der Waals surface area contributed by atoms with E-state index in [-0.39, 0.29) is 13.0 Å². The Bertz CT molecular complexity index is 919. The minimum absolute atomic E-state index is 0.272. The zero-order chi connectivity index (χ0) is 23.0. The van der Waals surface area contributed by atoms with Crippen LogP contribution in [0.5, 0.6) is 5.75 Å². The Balaban J connectivity index is 1.95. The topological polar surface area (TPSA) is 93.7 Å². The zero-order valence-electron chi connectivity index (χ0n) is 18.7. The fourth-order valence-electron chi connectivity index (χ4n) is 2.86. The van der Waals surface area contributed by atoms with Crippen LogP contribution in [-0.4, -0.2) is 36.2 Å². The van der Waals surface area contributed by atoms with Crippen molar-refractivity contribution in [2.75, 3.05) is 6.54 Å². The van der Waals surface area contributed by atoms with E-state index in [1.807, 2.05) is 56.3 Å². The summed E-state index contributed by atoms with van der Waals surface area (Å²) < 4.78 is 10.7. The maximum absolute atomic E-state index is 12.6. The summed E-state index contributed by atoms with van der Waals surface area (Å²) in [6, 6.07) is 13.8. The first-order chi connectivity index (χ1) is 14.5. The third-order valence-corrected chi connectivity index (χ3v) is 4.24. The minimum atomic E-state index is -0.883. The molecule has 7 heteroatoms. The average Bonchev–Trinajstić information content (AvgIpc) is 2.67. The molecule has 0 aromatic heterocycles. The summed E-state index contributed by atoms with van der Waals surface area (Å²) in [5, 5.41) is 5.05. The maximum Gasteiger partial charge on any atom is 0.413 e. The molecular formula is C24H30N2O5. The molecule has 0 saturated heterocycles. The Hall–Kier alpha value is -3.35. The van der Waals surface area contributed by atoms with Gasteiger partial charge in [-0.3, -0.25) is 4.79 Å². The lowest BCUT2D eigenvalue weighted by atomic mass is 10.1. The van der Waals surface area contributed by atoms with Gasteiger partial charge in [0.25, 0.3) is 0 Å². The molecule has 2 aromatic rings. The molecular weight excluding hydrogens is 396 g/mol. The van der Waals surface area contributed by atoms with Crippen LogP contribution in [0.1, 0.15) is 37.5 Å². The van der Waals surface area contributed by atoms with Gasteiger partial charge in [-0.25, -0.2) is 9.59 Å². The summed E-state index contributed by atoms with van der Waals surface area (Å²) in [5.41, 5.74) is 2.05. The third-order valence-electron chi connectivity index (χ3n) is 4.24. The van der Waals surface area contributed by atoms with Crippen LogP contribution >= 0.6 is 0 Å². The fourth-order valence-corrected chi connectivity index (χ4v) is 2.86. The first-order valence-electron chi connectivity index (χ1n) is 10.1. The number of nitrogens with one attached hydrogen (secondary N) is 2. The summed E-state index contributed by atoms with van der Waals surface area (Å²) in [6.45, 7) is 8.72. The first kappa shape index (κ1) is 23.9. The number of carbonyl (C=O) groups excluding carboxylic acids is 3. The van der Waals surface area contributed by atoms with Crippen LogP contribution in [0.2, 0.25) is 0 Å². The highest BCUT2D eigenvalue weighted by Gasteiger charge is 2.27. The van der Waals surface area contributed by atoms with Crippen molar-refractivity contribution in [2.45, 2.75) is 52.7 Å². The molecule has 0 spiro atoms. The molecule has 0 aliphatic rings. The molecule has 0 radical (unpaired) electrons. The second kappa shape index (κ2) is 10.6. The Morgan fingerprint density at radius 1 is 1.00 bits per heavy atom. The Morgan fingerprint density at radius 2 is 1.68 bits per heavy atom. The molecule has 0 aliphatic heterocycles. The van der Waals surface area contributed by atoms with Gasteiger partial charge in [-0.05, 0) is 51.8 Å². The summed E-state index contributed by atoms with van der Waals surface area (Å²) in [6.07, 6.45) is -0.479. The second-order valence-corrected chi connectivity index (χ2v) is 8.36. The van der Waals surface area contributed by atoms with E-state index in [1.165, 1.54) is 0 Å². The molecule has 7 nitrogen and oxygen atoms in total. The highest BCUT2D eigenvalue weighted by atomic mass is 16.6. The highest BCUT2D eigenvalue weighted by Crippen LogP contribution is 2.18. The number of esters is 1. The molecule has 2 rings (SSSR count). The van der Waals surface area contributed by atoms with Crippen molar-refractivity contribution in [3.8, 4) is 5.75 Å². The maximum atomic E-state index is 12.6. The molecule has 2 N–H and O–H groups in total. The molecule has 1 atom stereocenters. The van der Waals surface area contributed by atoms with Crippen LogP contribution < -0.4 is 15.4 Å². The standard InChI is InChI=1S/C24H30N2O5/c1-16-11-12-20(17(2)13-16)30-23(29)25-15-21(27)26-19(22(28)31-24(3,4)5)14-18-9-7-6-8-10-18/h6-13,19H,14-15H2,1-5H3,(H,25,29)(H,26,27)/t19-/m0/s1. The van der Waals surface area contributed by atoms with Crippen LogP contribution in [0.25, 0.3) is 0 Å². The summed E-state index contributed by atoms with van der Waals surface area (Å²) in [7, 11) is 0. The number of aryl methyl sites for hydroxylation is 2. The number of ether oxygens (including phenoxy) is 2. The third kappa shape index (κ3) is 8.50. The van der Waals surface area contributed by atoms with E-state index in [0.29, 0.717) is 5.75 Å². The zero-order valence-corrected chi connectivity index (χ0v) is 18.7. The quantitative estimate of drug-likeness (QED) is 0.662. The molecule has 0 heterocycles. The highest BCUT2D eigenvalue weighted by molar-refractivity contribution is 5.87. The molecule has 166 valence electrons. The number of carbonyl (C=O) groups is 3. The van der Waals surface area contributed by atoms with Crippen molar-refractivity contribution in [3.63, 3.8) is 0 Å². The molecule has 0 saturated carbocycles. The van der Waals surface area contributed by atoms with Gasteiger partial charge < -0.3 is 20.1 Å². The number of amides is 2. The van der Waals surface area contributed by atoms with Crippen molar-refractivity contribution in [3.05, 3.63) is 65.2 Å². The Morgan fingerprint density at radius 3 is 2.29 bits per heavy atom. The van der Waals surface area contributed by atoms with Crippen LogP contribution in [0.15, 0.2) is 48.5 Å². The lowest BCUT2D eigenvalue weighted by molar-refractivity contribution is -0.158.